The third-order valence-electron chi connectivity index (χ3n) is 4.43. The summed E-state index contributed by atoms with van der Waals surface area (Å²) in [5.41, 5.74) is 4.39. The first kappa shape index (κ1) is 17.5. The fourth-order valence-electron chi connectivity index (χ4n) is 2.91. The van der Waals surface area contributed by atoms with E-state index in [1.807, 2.05) is 62.4 Å². The normalized spacial score (nSPS) is 11.1. The molecule has 0 atom stereocenters. The zero-order valence-corrected chi connectivity index (χ0v) is 16.5. The number of aryl methyl sites for hydroxylation is 2. The summed E-state index contributed by atoms with van der Waals surface area (Å²) in [5, 5.41) is 7.81. The van der Waals surface area contributed by atoms with E-state index in [-0.39, 0.29) is 12.5 Å². The third kappa shape index (κ3) is 3.53. The number of carbonyl (C=O) groups is 1. The molecule has 4 aromatic rings. The topological polar surface area (TPSA) is 68.3 Å². The lowest BCUT2D eigenvalue weighted by atomic mass is 10.1. The Morgan fingerprint density at radius 3 is 2.67 bits per heavy atom. The Morgan fingerprint density at radius 2 is 1.89 bits per heavy atom. The lowest BCUT2D eigenvalue weighted by molar-refractivity contribution is 0.0920. The first-order valence-corrected chi connectivity index (χ1v) is 9.30. The van der Waals surface area contributed by atoms with Crippen molar-refractivity contribution in [2.75, 3.05) is 0 Å². The molecule has 0 spiro atoms. The van der Waals surface area contributed by atoms with Crippen LogP contribution >= 0.6 is 15.9 Å². The van der Waals surface area contributed by atoms with Crippen LogP contribution in [0.1, 0.15) is 27.4 Å². The Balaban J connectivity index is 1.48. The molecule has 0 aliphatic rings. The Kier molecular flexibility index (Phi) is 4.58. The summed E-state index contributed by atoms with van der Waals surface area (Å²) in [4.78, 5) is 12.5. The van der Waals surface area contributed by atoms with Crippen LogP contribution in [0.25, 0.3) is 22.2 Å². The Morgan fingerprint density at radius 1 is 1.11 bits per heavy atom. The van der Waals surface area contributed by atoms with Gasteiger partial charge in [-0.3, -0.25) is 4.79 Å². The number of carbonyl (C=O) groups excluding carboxylic acids is 1. The van der Waals surface area contributed by atoms with E-state index in [1.165, 1.54) is 5.56 Å². The van der Waals surface area contributed by atoms with Crippen LogP contribution in [0.4, 0.5) is 0 Å². The maximum Gasteiger partial charge on any atom is 0.287 e. The van der Waals surface area contributed by atoms with E-state index in [9.17, 15) is 4.79 Å². The minimum Gasteiger partial charge on any atom is -0.451 e. The predicted molar refractivity (Wildman–Crippen MR) is 106 cm³/mol. The monoisotopic (exact) mass is 424 g/mol. The largest absolute Gasteiger partial charge is 0.451 e. The second-order valence-corrected chi connectivity index (χ2v) is 7.34. The van der Waals surface area contributed by atoms with Gasteiger partial charge in [0, 0.05) is 27.1 Å². The summed E-state index contributed by atoms with van der Waals surface area (Å²) in [5.74, 6) is 0.602. The predicted octanol–water partition coefficient (Wildman–Crippen LogP) is 5.40. The first-order valence-electron chi connectivity index (χ1n) is 8.51. The van der Waals surface area contributed by atoms with Crippen LogP contribution < -0.4 is 5.32 Å². The Bertz CT molecular complexity index is 1130. The molecule has 5 nitrogen and oxygen atoms in total. The van der Waals surface area contributed by atoms with Gasteiger partial charge in [-0.05, 0) is 32.0 Å². The summed E-state index contributed by atoms with van der Waals surface area (Å²) >= 11 is 3.44. The van der Waals surface area contributed by atoms with E-state index in [2.05, 4.69) is 26.4 Å². The van der Waals surface area contributed by atoms with Gasteiger partial charge in [-0.25, -0.2) is 0 Å². The number of nitrogens with one attached hydrogen (secondary N) is 1. The van der Waals surface area contributed by atoms with Gasteiger partial charge in [-0.2, -0.15) is 0 Å². The van der Waals surface area contributed by atoms with Crippen LogP contribution in [0.2, 0.25) is 0 Å². The minimum absolute atomic E-state index is 0.234. The van der Waals surface area contributed by atoms with Crippen molar-refractivity contribution < 1.29 is 13.7 Å². The molecule has 0 saturated carbocycles. The van der Waals surface area contributed by atoms with Crippen LogP contribution in [0, 0.1) is 13.8 Å². The molecule has 4 rings (SSSR count). The highest BCUT2D eigenvalue weighted by Gasteiger charge is 2.18. The van der Waals surface area contributed by atoms with Gasteiger partial charge in [-0.1, -0.05) is 50.9 Å². The van der Waals surface area contributed by atoms with Gasteiger partial charge in [0.25, 0.3) is 5.91 Å². The van der Waals surface area contributed by atoms with Crippen molar-refractivity contribution in [2.24, 2.45) is 0 Å². The molecular weight excluding hydrogens is 408 g/mol. The maximum absolute atomic E-state index is 12.5. The standard InChI is InChI=1S/C21H17BrN2O3/c1-12-3-5-14(6-4-12)18-10-16(27-24-18)11-23-21(25)20-13(2)17-9-15(22)7-8-19(17)26-20/h3-10H,11H2,1-2H3,(H,23,25). The molecule has 0 aliphatic heterocycles. The van der Waals surface area contributed by atoms with E-state index in [0.29, 0.717) is 17.1 Å². The Hall–Kier alpha value is -2.86. The number of aromatic nitrogens is 1. The average Bonchev–Trinajstić information content (AvgIpc) is 3.26. The van der Waals surface area contributed by atoms with Crippen molar-refractivity contribution >= 4 is 32.8 Å². The molecule has 6 heteroatoms. The number of hydrogen-bond donors (Lipinski definition) is 1. The number of fused-ring (bicyclic) bond motifs is 1. The highest BCUT2D eigenvalue weighted by molar-refractivity contribution is 9.10. The molecule has 2 aromatic carbocycles. The van der Waals surface area contributed by atoms with Gasteiger partial charge in [0.15, 0.2) is 11.5 Å². The lowest BCUT2D eigenvalue weighted by Crippen LogP contribution is -2.22. The van der Waals surface area contributed by atoms with Crippen molar-refractivity contribution in [1.82, 2.24) is 10.5 Å². The fourth-order valence-corrected chi connectivity index (χ4v) is 3.28. The van der Waals surface area contributed by atoms with E-state index in [1.54, 1.807) is 0 Å². The van der Waals surface area contributed by atoms with Gasteiger partial charge >= 0.3 is 0 Å². The fraction of sp³-hybridized carbons (Fsp3) is 0.143. The molecular formula is C21H17BrN2O3. The highest BCUT2D eigenvalue weighted by Crippen LogP contribution is 2.28. The molecule has 136 valence electrons. The number of rotatable bonds is 4. The van der Waals surface area contributed by atoms with Crippen LogP contribution in [-0.2, 0) is 6.54 Å². The third-order valence-corrected chi connectivity index (χ3v) is 4.93. The van der Waals surface area contributed by atoms with Gasteiger partial charge in [0.05, 0.1) is 6.54 Å². The molecule has 0 saturated heterocycles. The van der Waals surface area contributed by atoms with Crippen molar-refractivity contribution in [1.29, 1.82) is 0 Å². The van der Waals surface area contributed by atoms with Gasteiger partial charge in [0.1, 0.15) is 11.3 Å². The lowest BCUT2D eigenvalue weighted by Gasteiger charge is -2.00. The van der Waals surface area contributed by atoms with Gasteiger partial charge in [0.2, 0.25) is 0 Å². The van der Waals surface area contributed by atoms with Crippen molar-refractivity contribution in [3.05, 3.63) is 75.7 Å². The zero-order valence-electron chi connectivity index (χ0n) is 14.9. The van der Waals surface area contributed by atoms with E-state index < -0.39 is 0 Å². The smallest absolute Gasteiger partial charge is 0.287 e. The van der Waals surface area contributed by atoms with Gasteiger partial charge in [-0.15, -0.1) is 0 Å². The number of nitrogens with zero attached hydrogens (tertiary/aromatic N) is 1. The van der Waals surface area contributed by atoms with Crippen LogP contribution in [0.3, 0.4) is 0 Å². The first-order chi connectivity index (χ1) is 13.0. The number of halogens is 1. The second kappa shape index (κ2) is 7.04. The van der Waals surface area contributed by atoms with Crippen LogP contribution in [0.15, 0.2) is 61.9 Å². The summed E-state index contributed by atoms with van der Waals surface area (Å²) in [6.45, 7) is 4.14. The molecule has 0 fully saturated rings. The second-order valence-electron chi connectivity index (χ2n) is 6.42. The summed E-state index contributed by atoms with van der Waals surface area (Å²) < 4.78 is 12.0. The molecule has 0 radical (unpaired) electrons. The van der Waals surface area contributed by atoms with Gasteiger partial charge < -0.3 is 14.3 Å². The van der Waals surface area contributed by atoms with Crippen LogP contribution in [-0.4, -0.2) is 11.1 Å². The van der Waals surface area contributed by atoms with Crippen molar-refractivity contribution in [3.63, 3.8) is 0 Å². The average molecular weight is 425 g/mol. The highest BCUT2D eigenvalue weighted by atomic mass is 79.9. The Labute approximate surface area is 164 Å². The maximum atomic E-state index is 12.5. The zero-order chi connectivity index (χ0) is 19.0. The molecule has 0 aliphatic carbocycles. The minimum atomic E-state index is -0.284. The summed E-state index contributed by atoms with van der Waals surface area (Å²) in [6, 6.07) is 15.5. The van der Waals surface area contributed by atoms with Crippen LogP contribution in [0.5, 0.6) is 0 Å². The van der Waals surface area contributed by atoms with E-state index >= 15 is 0 Å². The van der Waals surface area contributed by atoms with E-state index in [0.717, 1.165) is 26.7 Å². The van der Waals surface area contributed by atoms with Crippen molar-refractivity contribution in [3.8, 4) is 11.3 Å². The number of amides is 1. The van der Waals surface area contributed by atoms with Crippen molar-refractivity contribution in [2.45, 2.75) is 20.4 Å². The molecule has 2 heterocycles. The number of furan rings is 1. The molecule has 27 heavy (non-hydrogen) atoms. The molecule has 1 N–H and O–H groups in total. The summed E-state index contributed by atoms with van der Waals surface area (Å²) in [7, 11) is 0. The SMILES string of the molecule is Cc1ccc(-c2cc(CNC(=O)c3oc4ccc(Br)cc4c3C)on2)cc1. The number of hydrogen-bond acceptors (Lipinski definition) is 4. The quantitative estimate of drug-likeness (QED) is 0.476. The summed E-state index contributed by atoms with van der Waals surface area (Å²) in [6.07, 6.45) is 0. The molecule has 0 bridgehead atoms. The number of benzene rings is 2. The molecule has 1 amide bonds. The van der Waals surface area contributed by atoms with E-state index in [4.69, 9.17) is 8.94 Å². The molecule has 2 aromatic heterocycles. The molecule has 0 unspecified atom stereocenters.